The third-order valence-corrected chi connectivity index (χ3v) is 8.91. The Morgan fingerprint density at radius 3 is 2.20 bits per heavy atom. The number of nitrogens with one attached hydrogen (secondary N) is 1. The normalized spacial score (nSPS) is 14.6. The highest BCUT2D eigenvalue weighted by atomic mass is 35.5. The molecule has 1 fully saturated rings. The van der Waals surface area contributed by atoms with E-state index < -0.39 is 16.1 Å². The maximum atomic E-state index is 13.3. The fourth-order valence-electron chi connectivity index (χ4n) is 4.36. The summed E-state index contributed by atoms with van der Waals surface area (Å²) < 4.78 is 34.5. The minimum absolute atomic E-state index is 0.0598. The van der Waals surface area contributed by atoms with Crippen LogP contribution in [0.5, 0.6) is 5.75 Å². The van der Waals surface area contributed by atoms with Crippen molar-refractivity contribution in [2.24, 2.45) is 0 Å². The zero-order valence-electron chi connectivity index (χ0n) is 22.1. The average Bonchev–Trinajstić information content (AvgIpc) is 2.91. The highest BCUT2D eigenvalue weighted by molar-refractivity contribution is 7.92. The number of hydrogen-bond donors (Lipinski definition) is 1. The number of carbonyl (C=O) groups excluding carboxylic acids is 2. The van der Waals surface area contributed by atoms with E-state index in [1.54, 1.807) is 16.7 Å². The maximum absolute atomic E-state index is 13.3. The molecule has 3 aromatic carbocycles. The Morgan fingerprint density at radius 1 is 0.875 bits per heavy atom. The monoisotopic (exact) mass is 623 g/mol. The summed E-state index contributed by atoms with van der Waals surface area (Å²) in [5.74, 6) is 0.110. The lowest BCUT2D eigenvalue weighted by atomic mass is 10.1. The smallest absolute Gasteiger partial charge is 0.263 e. The molecule has 4 rings (SSSR count). The largest absolute Gasteiger partial charge is 0.481 e. The first-order chi connectivity index (χ1) is 18.9. The molecule has 0 spiro atoms. The summed E-state index contributed by atoms with van der Waals surface area (Å²) in [5, 5.41) is 0.383. The molecule has 3 aromatic rings. The van der Waals surface area contributed by atoms with Crippen LogP contribution < -0.4 is 9.46 Å². The Balaban J connectivity index is 1.41. The van der Waals surface area contributed by atoms with Crippen molar-refractivity contribution in [3.8, 4) is 5.75 Å². The molecule has 8 nitrogen and oxygen atoms in total. The molecule has 40 heavy (non-hydrogen) atoms. The minimum atomic E-state index is -4.19. The van der Waals surface area contributed by atoms with Gasteiger partial charge in [-0.3, -0.25) is 14.3 Å². The molecule has 0 saturated carbocycles. The van der Waals surface area contributed by atoms with E-state index in [1.165, 1.54) is 36.4 Å². The van der Waals surface area contributed by atoms with E-state index in [0.29, 0.717) is 23.9 Å². The second-order valence-corrected chi connectivity index (χ2v) is 12.4. The lowest BCUT2D eigenvalue weighted by molar-refractivity contribution is -0.139. The SMILES string of the molecule is Cc1ccc(OC(C)C(=O)N2CCN(C(=O)c3ccc(Cl)c(S(=O)(=O)Nc4cc(Cl)ccc4Cl)c3)CC2)c(C)c1. The van der Waals surface area contributed by atoms with Gasteiger partial charge in [0.1, 0.15) is 10.6 Å². The van der Waals surface area contributed by atoms with Crippen LogP contribution in [0.2, 0.25) is 15.1 Å². The van der Waals surface area contributed by atoms with Crippen molar-refractivity contribution in [2.45, 2.75) is 31.8 Å². The fourth-order valence-corrected chi connectivity index (χ4v) is 6.35. The molecular weight excluding hydrogens is 597 g/mol. The lowest BCUT2D eigenvalue weighted by Crippen LogP contribution is -2.53. The lowest BCUT2D eigenvalue weighted by Gasteiger charge is -2.36. The molecule has 1 heterocycles. The van der Waals surface area contributed by atoms with Crippen LogP contribution >= 0.6 is 34.8 Å². The number of anilines is 1. The Hall–Kier alpha value is -2.98. The second-order valence-electron chi connectivity index (χ2n) is 9.52. The van der Waals surface area contributed by atoms with Crippen molar-refractivity contribution in [3.63, 3.8) is 0 Å². The molecule has 1 unspecified atom stereocenters. The maximum Gasteiger partial charge on any atom is 0.263 e. The molecule has 1 N–H and O–H groups in total. The summed E-state index contributed by atoms with van der Waals surface area (Å²) in [4.78, 5) is 29.2. The van der Waals surface area contributed by atoms with Gasteiger partial charge < -0.3 is 14.5 Å². The molecule has 0 aromatic heterocycles. The number of carbonyl (C=O) groups is 2. The second kappa shape index (κ2) is 12.3. The van der Waals surface area contributed by atoms with Crippen LogP contribution in [0.1, 0.15) is 28.4 Å². The fraction of sp³-hybridized carbons (Fsp3) is 0.286. The van der Waals surface area contributed by atoms with E-state index in [-0.39, 0.29) is 51.1 Å². The summed E-state index contributed by atoms with van der Waals surface area (Å²) in [5.41, 5.74) is 2.29. The predicted molar refractivity (Wildman–Crippen MR) is 157 cm³/mol. The third kappa shape index (κ3) is 6.83. The van der Waals surface area contributed by atoms with Crippen molar-refractivity contribution in [2.75, 3.05) is 30.9 Å². The average molecular weight is 625 g/mol. The first-order valence-electron chi connectivity index (χ1n) is 12.4. The predicted octanol–water partition coefficient (Wildman–Crippen LogP) is 5.82. The Labute approximate surface area is 248 Å². The molecule has 1 aliphatic heterocycles. The van der Waals surface area contributed by atoms with Crippen molar-refractivity contribution in [1.82, 2.24) is 9.80 Å². The number of halogens is 3. The molecule has 1 aliphatic rings. The molecule has 212 valence electrons. The van der Waals surface area contributed by atoms with E-state index in [1.807, 2.05) is 32.0 Å². The molecule has 0 bridgehead atoms. The third-order valence-electron chi connectivity index (χ3n) is 6.50. The van der Waals surface area contributed by atoms with Crippen LogP contribution in [0.3, 0.4) is 0 Å². The van der Waals surface area contributed by atoms with Gasteiger partial charge in [-0.1, -0.05) is 52.5 Å². The van der Waals surface area contributed by atoms with Crippen LogP contribution in [0.25, 0.3) is 0 Å². The Kier molecular flexibility index (Phi) is 9.19. The standard InChI is InChI=1S/C28H28Cl3N3O5S/c1-17-4-9-25(18(2)14-17)39-19(3)27(35)33-10-12-34(13-11-33)28(36)20-5-7-23(31)26(15-20)40(37,38)32-24-16-21(29)6-8-22(24)30/h4-9,14-16,19,32H,10-13H2,1-3H3. The first kappa shape index (κ1) is 30.0. The molecule has 1 saturated heterocycles. The summed E-state index contributed by atoms with van der Waals surface area (Å²) in [6.07, 6.45) is -0.687. The van der Waals surface area contributed by atoms with Gasteiger partial charge >= 0.3 is 0 Å². The number of rotatable bonds is 7. The molecule has 0 aliphatic carbocycles. The number of piperazine rings is 1. The highest BCUT2D eigenvalue weighted by Gasteiger charge is 2.29. The van der Waals surface area contributed by atoms with Crippen LogP contribution in [0.15, 0.2) is 59.5 Å². The van der Waals surface area contributed by atoms with Crippen LogP contribution in [0.4, 0.5) is 5.69 Å². The van der Waals surface area contributed by atoms with E-state index in [9.17, 15) is 18.0 Å². The number of ether oxygens (including phenoxy) is 1. The van der Waals surface area contributed by atoms with Crippen LogP contribution in [0, 0.1) is 13.8 Å². The molecular formula is C28H28Cl3N3O5S. The Bertz CT molecular complexity index is 1560. The summed E-state index contributed by atoms with van der Waals surface area (Å²) in [6.45, 7) is 6.82. The van der Waals surface area contributed by atoms with E-state index in [4.69, 9.17) is 39.5 Å². The van der Waals surface area contributed by atoms with Crippen molar-refractivity contribution >= 4 is 62.3 Å². The molecule has 1 atom stereocenters. The number of benzene rings is 3. The van der Waals surface area contributed by atoms with Gasteiger partial charge in [-0.05, 0) is 68.8 Å². The zero-order chi connectivity index (χ0) is 29.2. The van der Waals surface area contributed by atoms with Gasteiger partial charge in [-0.25, -0.2) is 8.42 Å². The zero-order valence-corrected chi connectivity index (χ0v) is 25.2. The van der Waals surface area contributed by atoms with Crippen molar-refractivity contribution < 1.29 is 22.7 Å². The van der Waals surface area contributed by atoms with Crippen LogP contribution in [-0.2, 0) is 14.8 Å². The number of amides is 2. The molecule has 0 radical (unpaired) electrons. The van der Waals surface area contributed by atoms with Gasteiger partial charge in [-0.15, -0.1) is 0 Å². The quantitative estimate of drug-likeness (QED) is 0.358. The van der Waals surface area contributed by atoms with Gasteiger partial charge in [0.05, 0.1) is 15.7 Å². The van der Waals surface area contributed by atoms with E-state index in [2.05, 4.69) is 4.72 Å². The highest BCUT2D eigenvalue weighted by Crippen LogP contribution is 2.30. The number of aryl methyl sites for hydroxylation is 2. The number of sulfonamides is 1. The summed E-state index contributed by atoms with van der Waals surface area (Å²) >= 11 is 18.3. The van der Waals surface area contributed by atoms with Crippen LogP contribution in [-0.4, -0.2) is 62.3 Å². The summed E-state index contributed by atoms with van der Waals surface area (Å²) in [6, 6.07) is 14.2. The van der Waals surface area contributed by atoms with E-state index in [0.717, 1.165) is 11.1 Å². The van der Waals surface area contributed by atoms with Gasteiger partial charge in [0, 0.05) is 36.8 Å². The van der Waals surface area contributed by atoms with E-state index >= 15 is 0 Å². The molecule has 2 amide bonds. The van der Waals surface area contributed by atoms with Gasteiger partial charge in [0.25, 0.3) is 21.8 Å². The number of hydrogen-bond acceptors (Lipinski definition) is 5. The van der Waals surface area contributed by atoms with Gasteiger partial charge in [-0.2, -0.15) is 0 Å². The minimum Gasteiger partial charge on any atom is -0.481 e. The topological polar surface area (TPSA) is 96.0 Å². The number of nitrogens with zero attached hydrogens (tertiary/aromatic N) is 2. The van der Waals surface area contributed by atoms with Gasteiger partial charge in [0.15, 0.2) is 6.10 Å². The van der Waals surface area contributed by atoms with Crippen molar-refractivity contribution in [3.05, 3.63) is 86.4 Å². The Morgan fingerprint density at radius 2 is 1.52 bits per heavy atom. The van der Waals surface area contributed by atoms with Gasteiger partial charge in [0.2, 0.25) is 0 Å². The van der Waals surface area contributed by atoms with Crippen molar-refractivity contribution in [1.29, 1.82) is 0 Å². The summed E-state index contributed by atoms with van der Waals surface area (Å²) in [7, 11) is -4.19. The first-order valence-corrected chi connectivity index (χ1v) is 15.1. The molecule has 12 heteroatoms.